The summed E-state index contributed by atoms with van der Waals surface area (Å²) in [5.41, 5.74) is 0.892. The van der Waals surface area contributed by atoms with Gasteiger partial charge in [-0.2, -0.15) is 0 Å². The highest BCUT2D eigenvalue weighted by molar-refractivity contribution is 6.31. The van der Waals surface area contributed by atoms with Gasteiger partial charge in [-0.25, -0.2) is 4.39 Å². The molecule has 110 valence electrons. The van der Waals surface area contributed by atoms with Crippen molar-refractivity contribution in [3.05, 3.63) is 34.6 Å². The summed E-state index contributed by atoms with van der Waals surface area (Å²) in [7, 11) is 1.98. The summed E-state index contributed by atoms with van der Waals surface area (Å²) in [5, 5.41) is 4.06. The lowest BCUT2D eigenvalue weighted by molar-refractivity contribution is -0.00202. The molecule has 4 rings (SSSR count). The Kier molecular flexibility index (Phi) is 4.26. The van der Waals surface area contributed by atoms with Gasteiger partial charge in [0.15, 0.2) is 0 Å². The van der Waals surface area contributed by atoms with Crippen molar-refractivity contribution in [2.45, 2.75) is 18.5 Å². The van der Waals surface area contributed by atoms with Gasteiger partial charge in [0.25, 0.3) is 0 Å². The molecule has 1 N–H and O–H groups in total. The fourth-order valence-corrected chi connectivity index (χ4v) is 3.60. The largest absolute Gasteiger partial charge is 0.315 e. The van der Waals surface area contributed by atoms with Crippen LogP contribution < -0.4 is 5.32 Å². The van der Waals surface area contributed by atoms with Crippen molar-refractivity contribution in [2.24, 2.45) is 0 Å². The van der Waals surface area contributed by atoms with Crippen LogP contribution >= 0.6 is 11.6 Å². The molecule has 1 aromatic carbocycles. The van der Waals surface area contributed by atoms with Gasteiger partial charge in [0, 0.05) is 49.8 Å². The van der Waals surface area contributed by atoms with Crippen LogP contribution in [-0.2, 0) is 6.42 Å². The monoisotopic (exact) mass is 297 g/mol. The molecule has 2 unspecified atom stereocenters. The van der Waals surface area contributed by atoms with Crippen LogP contribution in [0.1, 0.15) is 5.56 Å². The number of piperazine rings is 3. The van der Waals surface area contributed by atoms with Gasteiger partial charge in [0.05, 0.1) is 0 Å². The van der Waals surface area contributed by atoms with E-state index in [9.17, 15) is 4.39 Å². The summed E-state index contributed by atoms with van der Waals surface area (Å²) >= 11 is 6.20. The minimum Gasteiger partial charge on any atom is -0.315 e. The smallest absolute Gasteiger partial charge is 0.123 e. The van der Waals surface area contributed by atoms with Crippen LogP contribution in [0.5, 0.6) is 0 Å². The fourth-order valence-electron chi connectivity index (χ4n) is 3.41. The van der Waals surface area contributed by atoms with Crippen LogP contribution in [0.3, 0.4) is 0 Å². The zero-order chi connectivity index (χ0) is 14.1. The summed E-state index contributed by atoms with van der Waals surface area (Å²) in [4.78, 5) is 5.07. The molecule has 3 saturated heterocycles. The number of likely N-dealkylation sites (N-methyl/N-ethyl adjacent to an activating group) is 1. The number of hydrogen-bond acceptors (Lipinski definition) is 3. The minimum absolute atomic E-state index is 0.214. The Hall–Kier alpha value is -0.680. The molecular formula is C15H21ClFN3. The highest BCUT2D eigenvalue weighted by atomic mass is 35.5. The summed E-state index contributed by atoms with van der Waals surface area (Å²) < 4.78 is 13.4. The Bertz CT molecular complexity index is 474. The number of nitrogens with one attached hydrogen (secondary N) is 1. The molecule has 2 bridgehead atoms. The molecule has 20 heavy (non-hydrogen) atoms. The molecule has 0 amide bonds. The van der Waals surface area contributed by atoms with E-state index in [0.717, 1.165) is 31.6 Å². The maximum atomic E-state index is 13.4. The molecule has 5 heteroatoms. The molecular weight excluding hydrogens is 277 g/mol. The SMILES string of the molecule is CNC(Cc1cc(F)ccc1Cl)C1CN2CCN1CC2. The van der Waals surface area contributed by atoms with E-state index in [2.05, 4.69) is 15.1 Å². The van der Waals surface area contributed by atoms with E-state index in [4.69, 9.17) is 11.6 Å². The quantitative estimate of drug-likeness (QED) is 0.911. The average molecular weight is 298 g/mol. The molecule has 3 heterocycles. The first kappa shape index (κ1) is 14.3. The van der Waals surface area contributed by atoms with Crippen molar-refractivity contribution in [3.8, 4) is 0 Å². The lowest BCUT2D eigenvalue weighted by Crippen LogP contribution is -2.66. The van der Waals surface area contributed by atoms with E-state index in [-0.39, 0.29) is 5.82 Å². The van der Waals surface area contributed by atoms with Crippen molar-refractivity contribution < 1.29 is 4.39 Å². The van der Waals surface area contributed by atoms with Crippen molar-refractivity contribution in [3.63, 3.8) is 0 Å². The van der Waals surface area contributed by atoms with Crippen molar-refractivity contribution in [2.75, 3.05) is 39.8 Å². The summed E-state index contributed by atoms with van der Waals surface area (Å²) in [6.45, 7) is 5.72. The normalized spacial score (nSPS) is 30.4. The Morgan fingerprint density at radius 3 is 2.70 bits per heavy atom. The first-order chi connectivity index (χ1) is 9.67. The van der Waals surface area contributed by atoms with E-state index in [0.29, 0.717) is 17.1 Å². The van der Waals surface area contributed by atoms with Crippen LogP contribution in [0.25, 0.3) is 0 Å². The number of benzene rings is 1. The van der Waals surface area contributed by atoms with Gasteiger partial charge < -0.3 is 5.32 Å². The van der Waals surface area contributed by atoms with E-state index in [1.165, 1.54) is 19.2 Å². The van der Waals surface area contributed by atoms with Crippen molar-refractivity contribution in [1.82, 2.24) is 15.1 Å². The second-order valence-corrected chi connectivity index (χ2v) is 6.15. The van der Waals surface area contributed by atoms with Gasteiger partial charge in [0.1, 0.15) is 5.82 Å². The molecule has 0 spiro atoms. The molecule has 0 aromatic heterocycles. The molecule has 0 radical (unpaired) electrons. The van der Waals surface area contributed by atoms with E-state index < -0.39 is 0 Å². The predicted octanol–water partition coefficient (Wildman–Crippen LogP) is 1.61. The lowest BCUT2D eigenvalue weighted by atomic mass is 9.94. The predicted molar refractivity (Wildman–Crippen MR) is 79.8 cm³/mol. The van der Waals surface area contributed by atoms with Gasteiger partial charge in [-0.05, 0) is 37.2 Å². The Morgan fingerprint density at radius 2 is 2.10 bits per heavy atom. The van der Waals surface area contributed by atoms with Crippen molar-refractivity contribution >= 4 is 11.6 Å². The third kappa shape index (κ3) is 2.84. The van der Waals surface area contributed by atoms with Gasteiger partial charge in [-0.1, -0.05) is 11.6 Å². The zero-order valence-corrected chi connectivity index (χ0v) is 12.5. The van der Waals surface area contributed by atoms with E-state index in [1.807, 2.05) is 7.05 Å². The van der Waals surface area contributed by atoms with Gasteiger partial charge in [0.2, 0.25) is 0 Å². The standard InChI is InChI=1S/C15H21ClFN3/c1-18-14(9-11-8-12(17)2-3-13(11)16)15-10-19-4-6-20(15)7-5-19/h2-3,8,14-15,18H,4-7,9-10H2,1H3. The number of rotatable bonds is 4. The minimum atomic E-state index is -0.214. The molecule has 3 aliphatic rings. The van der Waals surface area contributed by atoms with Gasteiger partial charge >= 0.3 is 0 Å². The van der Waals surface area contributed by atoms with E-state index in [1.54, 1.807) is 12.1 Å². The molecule has 2 atom stereocenters. The molecule has 3 nitrogen and oxygen atoms in total. The highest BCUT2D eigenvalue weighted by Crippen LogP contribution is 2.23. The first-order valence-corrected chi connectivity index (χ1v) is 7.63. The first-order valence-electron chi connectivity index (χ1n) is 7.25. The molecule has 1 aromatic rings. The highest BCUT2D eigenvalue weighted by Gasteiger charge is 2.36. The van der Waals surface area contributed by atoms with Crippen LogP contribution in [0.4, 0.5) is 4.39 Å². The number of hydrogen-bond donors (Lipinski definition) is 1. The fraction of sp³-hybridized carbons (Fsp3) is 0.600. The Morgan fingerprint density at radius 1 is 1.35 bits per heavy atom. The van der Waals surface area contributed by atoms with Gasteiger partial charge in [-0.15, -0.1) is 0 Å². The zero-order valence-electron chi connectivity index (χ0n) is 11.8. The van der Waals surface area contributed by atoms with Crippen LogP contribution in [0.2, 0.25) is 5.02 Å². The number of halogens is 2. The molecule has 3 fully saturated rings. The third-order valence-corrected chi connectivity index (χ3v) is 4.97. The number of fused-ring (bicyclic) bond motifs is 3. The second kappa shape index (κ2) is 5.98. The Labute approximate surface area is 124 Å². The van der Waals surface area contributed by atoms with Crippen LogP contribution in [0.15, 0.2) is 18.2 Å². The molecule has 3 aliphatic heterocycles. The number of nitrogens with zero attached hydrogens (tertiary/aromatic N) is 2. The van der Waals surface area contributed by atoms with E-state index >= 15 is 0 Å². The van der Waals surface area contributed by atoms with Crippen LogP contribution in [0, 0.1) is 5.82 Å². The third-order valence-electron chi connectivity index (χ3n) is 4.60. The molecule has 0 aliphatic carbocycles. The maximum absolute atomic E-state index is 13.4. The van der Waals surface area contributed by atoms with Crippen molar-refractivity contribution in [1.29, 1.82) is 0 Å². The van der Waals surface area contributed by atoms with Crippen LogP contribution in [-0.4, -0.2) is 61.7 Å². The molecule has 0 saturated carbocycles. The summed E-state index contributed by atoms with van der Waals surface area (Å²) in [6, 6.07) is 5.41. The lowest BCUT2D eigenvalue weighted by Gasteiger charge is -2.50. The average Bonchev–Trinajstić information content (AvgIpc) is 2.49. The topological polar surface area (TPSA) is 18.5 Å². The Balaban J connectivity index is 1.75. The van der Waals surface area contributed by atoms with Gasteiger partial charge in [-0.3, -0.25) is 9.80 Å². The summed E-state index contributed by atoms with van der Waals surface area (Å²) in [5.74, 6) is -0.214. The maximum Gasteiger partial charge on any atom is 0.123 e. The second-order valence-electron chi connectivity index (χ2n) is 5.74. The summed E-state index contributed by atoms with van der Waals surface area (Å²) in [6.07, 6.45) is 0.766.